The predicted molar refractivity (Wildman–Crippen MR) is 67.8 cm³/mol. The summed E-state index contributed by atoms with van der Waals surface area (Å²) in [5.41, 5.74) is 0. The Hall–Kier alpha value is -1.51. The van der Waals surface area contributed by atoms with Gasteiger partial charge in [0.1, 0.15) is 10.7 Å². The van der Waals surface area contributed by atoms with Crippen molar-refractivity contribution in [1.29, 1.82) is 0 Å². The number of hydrogen-bond donors (Lipinski definition) is 1. The highest BCUT2D eigenvalue weighted by Crippen LogP contribution is 2.29. The minimum atomic E-state index is -4.28. The number of thioether (sulfide) groups is 1. The molecule has 0 fully saturated rings. The van der Waals surface area contributed by atoms with Gasteiger partial charge in [0.15, 0.2) is 5.76 Å². The van der Waals surface area contributed by atoms with Crippen LogP contribution in [0.1, 0.15) is 11.5 Å². The van der Waals surface area contributed by atoms with Crippen molar-refractivity contribution >= 4 is 21.9 Å². The molecule has 0 atom stereocenters. The molecule has 0 unspecified atom stereocenters. The van der Waals surface area contributed by atoms with Crippen molar-refractivity contribution in [3.63, 3.8) is 0 Å². The van der Waals surface area contributed by atoms with E-state index >= 15 is 0 Å². The summed E-state index contributed by atoms with van der Waals surface area (Å²) in [5, 5.41) is 0. The second kappa shape index (κ2) is 5.24. The van der Waals surface area contributed by atoms with E-state index in [1.807, 2.05) is 0 Å². The molecule has 1 N–H and O–H groups in total. The fraction of sp³-hybridized carbons (Fsp3) is 0.182. The van der Waals surface area contributed by atoms with Gasteiger partial charge in [0.05, 0.1) is 5.75 Å². The van der Waals surface area contributed by atoms with Gasteiger partial charge in [-0.25, -0.2) is 4.79 Å². The molecule has 0 radical (unpaired) electrons. The first-order chi connectivity index (χ1) is 8.88. The van der Waals surface area contributed by atoms with Crippen LogP contribution >= 0.6 is 11.8 Å². The molecule has 0 aliphatic heterocycles. The van der Waals surface area contributed by atoms with Crippen molar-refractivity contribution in [2.75, 3.05) is 0 Å². The molecule has 0 spiro atoms. The highest BCUT2D eigenvalue weighted by molar-refractivity contribution is 7.99. The zero-order valence-electron chi connectivity index (χ0n) is 9.82. The van der Waals surface area contributed by atoms with E-state index in [1.54, 1.807) is 19.1 Å². The quantitative estimate of drug-likeness (QED) is 0.682. The average Bonchev–Trinajstić information content (AvgIpc) is 2.64. The molecule has 0 aliphatic carbocycles. The van der Waals surface area contributed by atoms with E-state index in [0.717, 1.165) is 11.8 Å². The van der Waals surface area contributed by atoms with E-state index < -0.39 is 15.9 Å². The first-order valence-corrected chi connectivity index (χ1v) is 7.59. The predicted octanol–water partition coefficient (Wildman–Crippen LogP) is 2.08. The Morgan fingerprint density at radius 1 is 1.26 bits per heavy atom. The van der Waals surface area contributed by atoms with Crippen LogP contribution in [0, 0.1) is 6.92 Å². The van der Waals surface area contributed by atoms with Crippen LogP contribution in [-0.2, 0) is 15.9 Å². The first-order valence-electron chi connectivity index (χ1n) is 5.16. The summed E-state index contributed by atoms with van der Waals surface area (Å²) in [6, 6.07) is 6.02. The van der Waals surface area contributed by atoms with Crippen LogP contribution in [0.3, 0.4) is 0 Å². The zero-order chi connectivity index (χ0) is 14.0. The zero-order valence-corrected chi connectivity index (χ0v) is 11.5. The molecular weight excluding hydrogens is 292 g/mol. The molecule has 2 rings (SSSR count). The van der Waals surface area contributed by atoms with Crippen LogP contribution < -0.4 is 5.82 Å². The Kier molecular flexibility index (Phi) is 3.83. The molecule has 0 saturated carbocycles. The Bertz CT molecular complexity index is 741. The Morgan fingerprint density at radius 2 is 1.95 bits per heavy atom. The monoisotopic (exact) mass is 302 g/mol. The van der Waals surface area contributed by atoms with Gasteiger partial charge in [0, 0.05) is 4.90 Å². The minimum absolute atomic E-state index is 0.177. The van der Waals surface area contributed by atoms with Gasteiger partial charge in [0.2, 0.25) is 0 Å². The van der Waals surface area contributed by atoms with E-state index in [4.69, 9.17) is 13.4 Å². The molecular formula is C11H10O6S2. The third-order valence-corrected chi connectivity index (χ3v) is 4.44. The Balaban J connectivity index is 2.26. The number of benzene rings is 1. The molecule has 0 amide bonds. The molecule has 102 valence electrons. The van der Waals surface area contributed by atoms with Crippen molar-refractivity contribution in [2.24, 2.45) is 0 Å². The van der Waals surface area contributed by atoms with Gasteiger partial charge in [-0.1, -0.05) is 12.1 Å². The highest BCUT2D eigenvalue weighted by Gasteiger charge is 2.16. The van der Waals surface area contributed by atoms with Gasteiger partial charge in [-0.2, -0.15) is 8.42 Å². The largest absolute Gasteiger partial charge is 0.519 e. The summed E-state index contributed by atoms with van der Waals surface area (Å²) in [6.07, 6.45) is 0. The van der Waals surface area contributed by atoms with Gasteiger partial charge in [0.25, 0.3) is 10.1 Å². The van der Waals surface area contributed by atoms with Crippen molar-refractivity contribution in [1.82, 2.24) is 0 Å². The number of aryl methyl sites for hydroxylation is 1. The second-order valence-electron chi connectivity index (χ2n) is 3.64. The maximum absolute atomic E-state index is 11.2. The number of rotatable bonds is 4. The van der Waals surface area contributed by atoms with Crippen molar-refractivity contribution in [3.05, 3.63) is 46.4 Å². The van der Waals surface area contributed by atoms with Crippen molar-refractivity contribution in [3.8, 4) is 0 Å². The SMILES string of the molecule is Cc1oc(=O)oc1CSc1ccccc1S(=O)(=O)O. The van der Waals surface area contributed by atoms with Gasteiger partial charge < -0.3 is 8.83 Å². The molecule has 19 heavy (non-hydrogen) atoms. The first kappa shape index (κ1) is 13.9. The lowest BCUT2D eigenvalue weighted by molar-refractivity contribution is 0.372. The fourth-order valence-electron chi connectivity index (χ4n) is 1.43. The lowest BCUT2D eigenvalue weighted by atomic mass is 10.4. The highest BCUT2D eigenvalue weighted by atomic mass is 32.2. The summed E-state index contributed by atoms with van der Waals surface area (Å²) in [4.78, 5) is 11.1. The lowest BCUT2D eigenvalue weighted by Crippen LogP contribution is -1.99. The van der Waals surface area contributed by atoms with E-state index in [-0.39, 0.29) is 10.6 Å². The van der Waals surface area contributed by atoms with Crippen LogP contribution in [0.25, 0.3) is 0 Å². The van der Waals surface area contributed by atoms with E-state index in [2.05, 4.69) is 0 Å². The van der Waals surface area contributed by atoms with E-state index in [9.17, 15) is 13.2 Å². The van der Waals surface area contributed by atoms with Crippen LogP contribution in [0.5, 0.6) is 0 Å². The maximum Gasteiger partial charge on any atom is 0.519 e. The van der Waals surface area contributed by atoms with Crippen LogP contribution in [0.15, 0.2) is 47.7 Å². The Labute approximate surface area is 113 Å². The molecule has 1 aromatic heterocycles. The van der Waals surface area contributed by atoms with Crippen molar-refractivity contribution in [2.45, 2.75) is 22.5 Å². The van der Waals surface area contributed by atoms with Gasteiger partial charge in [-0.15, -0.1) is 11.8 Å². The summed E-state index contributed by atoms with van der Waals surface area (Å²) >= 11 is 1.12. The maximum atomic E-state index is 11.2. The van der Waals surface area contributed by atoms with Crippen LogP contribution in [0.2, 0.25) is 0 Å². The average molecular weight is 302 g/mol. The summed E-state index contributed by atoms with van der Waals surface area (Å²) in [6.45, 7) is 1.58. The van der Waals surface area contributed by atoms with Crippen LogP contribution in [-0.4, -0.2) is 13.0 Å². The third kappa shape index (κ3) is 3.28. The number of hydrogen-bond acceptors (Lipinski definition) is 6. The lowest BCUT2D eigenvalue weighted by Gasteiger charge is -2.05. The molecule has 0 saturated heterocycles. The fourth-order valence-corrected chi connectivity index (χ4v) is 3.43. The van der Waals surface area contributed by atoms with Crippen LogP contribution in [0.4, 0.5) is 0 Å². The molecule has 0 aliphatic rings. The molecule has 1 aromatic carbocycles. The third-order valence-electron chi connectivity index (χ3n) is 2.32. The topological polar surface area (TPSA) is 97.7 Å². The molecule has 8 heteroatoms. The molecule has 1 heterocycles. The molecule has 2 aromatic rings. The summed E-state index contributed by atoms with van der Waals surface area (Å²) < 4.78 is 41.0. The molecule has 6 nitrogen and oxygen atoms in total. The smallest absolute Gasteiger partial charge is 0.396 e. The van der Waals surface area contributed by atoms with E-state index in [0.29, 0.717) is 16.4 Å². The normalized spacial score (nSPS) is 11.7. The Morgan fingerprint density at radius 3 is 2.53 bits per heavy atom. The van der Waals surface area contributed by atoms with Gasteiger partial charge in [-0.3, -0.25) is 4.55 Å². The van der Waals surface area contributed by atoms with Crippen molar-refractivity contribution < 1.29 is 21.8 Å². The summed E-state index contributed by atoms with van der Waals surface area (Å²) in [7, 11) is -4.28. The van der Waals surface area contributed by atoms with Gasteiger partial charge >= 0.3 is 5.82 Å². The minimum Gasteiger partial charge on any atom is -0.396 e. The summed E-state index contributed by atoms with van der Waals surface area (Å²) in [5.74, 6) is 0.113. The standard InChI is InChI=1S/C11H10O6S2/c1-7-8(17-11(12)16-7)6-18-9-4-2-3-5-10(9)19(13,14)15/h2-5H,6H2,1H3,(H,13,14,15). The second-order valence-corrected chi connectivity index (χ2v) is 6.05. The van der Waals surface area contributed by atoms with E-state index in [1.165, 1.54) is 12.1 Å². The molecule has 0 bridgehead atoms. The van der Waals surface area contributed by atoms with Gasteiger partial charge in [-0.05, 0) is 19.1 Å².